The second-order valence-corrected chi connectivity index (χ2v) is 7.55. The topological polar surface area (TPSA) is 90.5 Å². The number of rotatable bonds is 3. The van der Waals surface area contributed by atoms with Crippen LogP contribution < -0.4 is 10.1 Å². The Morgan fingerprint density at radius 3 is 2.76 bits per heavy atom. The van der Waals surface area contributed by atoms with Gasteiger partial charge in [0, 0.05) is 18.7 Å². The van der Waals surface area contributed by atoms with Crippen molar-refractivity contribution in [2.75, 3.05) is 25.5 Å². The summed E-state index contributed by atoms with van der Waals surface area (Å²) in [6, 6.07) is 9.57. The number of imidazole rings is 1. The van der Waals surface area contributed by atoms with Gasteiger partial charge in [-0.1, -0.05) is 12.1 Å². The number of hydrogen-bond acceptors (Lipinski definition) is 4. The molecule has 0 unspecified atom stereocenters. The molecule has 0 aliphatic carbocycles. The highest BCUT2D eigenvalue weighted by Crippen LogP contribution is 2.34. The fourth-order valence-corrected chi connectivity index (χ4v) is 3.56. The van der Waals surface area contributed by atoms with Crippen LogP contribution in [0.15, 0.2) is 36.4 Å². The van der Waals surface area contributed by atoms with E-state index in [4.69, 9.17) is 4.74 Å². The molecule has 152 valence electrons. The highest BCUT2D eigenvalue weighted by Gasteiger charge is 2.30. The molecule has 0 atom stereocenters. The molecule has 0 spiro atoms. The van der Waals surface area contributed by atoms with Crippen LogP contribution in [0.4, 0.5) is 15.1 Å². The van der Waals surface area contributed by atoms with E-state index < -0.39 is 5.60 Å². The lowest BCUT2D eigenvalue weighted by atomic mass is 9.94. The third-order valence-electron chi connectivity index (χ3n) is 5.32. The number of halogens is 1. The average Bonchev–Trinajstić information content (AvgIpc) is 3.10. The average molecular weight is 398 g/mol. The van der Waals surface area contributed by atoms with Crippen molar-refractivity contribution < 1.29 is 19.0 Å². The van der Waals surface area contributed by atoms with Gasteiger partial charge in [0.25, 0.3) is 0 Å². The summed E-state index contributed by atoms with van der Waals surface area (Å²) in [5.41, 5.74) is 1.87. The van der Waals surface area contributed by atoms with Crippen molar-refractivity contribution in [3.05, 3.63) is 42.2 Å². The van der Waals surface area contributed by atoms with Gasteiger partial charge in [0.05, 0.1) is 12.7 Å². The van der Waals surface area contributed by atoms with Crippen molar-refractivity contribution in [3.63, 3.8) is 0 Å². The smallest absolute Gasteiger partial charge is 0.324 e. The van der Waals surface area contributed by atoms with Crippen LogP contribution in [0.25, 0.3) is 22.2 Å². The molecule has 4 rings (SSSR count). The van der Waals surface area contributed by atoms with Crippen LogP contribution in [0.5, 0.6) is 5.75 Å². The van der Waals surface area contributed by atoms with E-state index >= 15 is 0 Å². The summed E-state index contributed by atoms with van der Waals surface area (Å²) in [5.74, 6) is 0.517. The summed E-state index contributed by atoms with van der Waals surface area (Å²) in [5, 5.41) is 12.8. The van der Waals surface area contributed by atoms with Crippen LogP contribution in [-0.2, 0) is 0 Å². The van der Waals surface area contributed by atoms with Gasteiger partial charge in [0.2, 0.25) is 5.95 Å². The number of aromatic amines is 1. The zero-order valence-electron chi connectivity index (χ0n) is 16.3. The summed E-state index contributed by atoms with van der Waals surface area (Å²) in [6.45, 7) is 2.72. The lowest BCUT2D eigenvalue weighted by Gasteiger charge is -2.35. The molecule has 1 aliphatic heterocycles. The molecule has 8 heteroatoms. The van der Waals surface area contributed by atoms with E-state index in [0.29, 0.717) is 48.3 Å². The monoisotopic (exact) mass is 398 g/mol. The van der Waals surface area contributed by atoms with E-state index in [-0.39, 0.29) is 17.8 Å². The number of carbonyl (C=O) groups is 1. The number of fused-ring (bicyclic) bond motifs is 1. The van der Waals surface area contributed by atoms with E-state index in [1.165, 1.54) is 12.1 Å². The molecule has 0 bridgehead atoms. The molecule has 2 amide bonds. The number of likely N-dealkylation sites (tertiary alicyclic amines) is 1. The number of methoxy groups -OCH3 is 1. The van der Waals surface area contributed by atoms with Crippen LogP contribution in [0.1, 0.15) is 19.8 Å². The van der Waals surface area contributed by atoms with Crippen LogP contribution in [0, 0.1) is 5.82 Å². The Balaban J connectivity index is 1.64. The number of H-pyrrole nitrogens is 1. The Bertz CT molecular complexity index is 1050. The molecular weight excluding hydrogens is 375 g/mol. The minimum atomic E-state index is -0.733. The van der Waals surface area contributed by atoms with Gasteiger partial charge in [0.1, 0.15) is 22.6 Å². The molecule has 3 N–H and O–H groups in total. The lowest BCUT2D eigenvalue weighted by Crippen LogP contribution is -2.46. The molecule has 7 nitrogen and oxygen atoms in total. The third-order valence-corrected chi connectivity index (χ3v) is 5.32. The fourth-order valence-electron chi connectivity index (χ4n) is 3.56. The number of aromatic nitrogens is 2. The number of piperidine rings is 1. The highest BCUT2D eigenvalue weighted by atomic mass is 19.1. The van der Waals surface area contributed by atoms with Crippen LogP contribution >= 0.6 is 0 Å². The largest absolute Gasteiger partial charge is 0.494 e. The first-order chi connectivity index (χ1) is 13.9. The van der Waals surface area contributed by atoms with Gasteiger partial charge in [-0.3, -0.25) is 5.32 Å². The Hall–Kier alpha value is -3.13. The number of benzene rings is 2. The van der Waals surface area contributed by atoms with E-state index in [9.17, 15) is 14.3 Å². The molecule has 1 aliphatic rings. The van der Waals surface area contributed by atoms with Crippen molar-refractivity contribution in [1.29, 1.82) is 0 Å². The molecule has 29 heavy (non-hydrogen) atoms. The predicted molar refractivity (Wildman–Crippen MR) is 108 cm³/mol. The number of carbonyl (C=O) groups excluding carboxylic acids is 1. The number of amides is 2. The Kier molecular flexibility index (Phi) is 4.87. The van der Waals surface area contributed by atoms with Crippen molar-refractivity contribution in [1.82, 2.24) is 14.9 Å². The molecule has 2 heterocycles. The van der Waals surface area contributed by atoms with Crippen molar-refractivity contribution in [2.45, 2.75) is 25.4 Å². The summed E-state index contributed by atoms with van der Waals surface area (Å²) >= 11 is 0. The molecule has 0 saturated carbocycles. The molecule has 2 aromatic carbocycles. The number of hydrogen-bond donors (Lipinski definition) is 3. The predicted octanol–water partition coefficient (Wildman–Crippen LogP) is 3.76. The maximum atomic E-state index is 13.7. The minimum absolute atomic E-state index is 0.282. The van der Waals surface area contributed by atoms with Crippen LogP contribution in [0.3, 0.4) is 0 Å². The Morgan fingerprint density at radius 1 is 1.31 bits per heavy atom. The van der Waals surface area contributed by atoms with E-state index in [0.717, 1.165) is 5.56 Å². The van der Waals surface area contributed by atoms with Gasteiger partial charge in [-0.15, -0.1) is 0 Å². The molecule has 3 aromatic rings. The molecule has 1 fully saturated rings. The second kappa shape index (κ2) is 7.36. The minimum Gasteiger partial charge on any atom is -0.494 e. The number of anilines is 1. The number of nitrogens with one attached hydrogen (secondary N) is 2. The molecule has 1 saturated heterocycles. The highest BCUT2D eigenvalue weighted by molar-refractivity contribution is 5.98. The molecule has 0 radical (unpaired) electrons. The standard InChI is InChI=1S/C21H23FN4O3/c1-21(28)8-10-26(11-9-21)20(27)25-19-23-17-15(13-4-3-5-14(22)12-13)6-7-16(29-2)18(17)24-19/h3-7,12,28H,8-11H2,1-2H3,(H2,23,24,25,27). The normalized spacial score (nSPS) is 16.1. The Labute approximate surface area is 167 Å². The van der Waals surface area contributed by atoms with E-state index in [2.05, 4.69) is 15.3 Å². The first-order valence-corrected chi connectivity index (χ1v) is 9.47. The maximum Gasteiger partial charge on any atom is 0.324 e. The summed E-state index contributed by atoms with van der Waals surface area (Å²) < 4.78 is 19.1. The first-order valence-electron chi connectivity index (χ1n) is 9.47. The number of nitrogens with zero attached hydrogens (tertiary/aromatic N) is 2. The van der Waals surface area contributed by atoms with Gasteiger partial charge >= 0.3 is 6.03 Å². The molecule has 1 aromatic heterocycles. The maximum absolute atomic E-state index is 13.7. The summed E-state index contributed by atoms with van der Waals surface area (Å²) in [7, 11) is 1.55. The SMILES string of the molecule is COc1ccc(-c2cccc(F)c2)c2nc(NC(=O)N3CCC(C)(O)CC3)[nH]c12. The van der Waals surface area contributed by atoms with Gasteiger partial charge < -0.3 is 19.7 Å². The quantitative estimate of drug-likeness (QED) is 0.627. The number of ether oxygens (including phenoxy) is 1. The van der Waals surface area contributed by atoms with Crippen molar-refractivity contribution in [2.24, 2.45) is 0 Å². The van der Waals surface area contributed by atoms with Gasteiger partial charge in [-0.25, -0.2) is 14.2 Å². The van der Waals surface area contributed by atoms with Crippen LogP contribution in [0.2, 0.25) is 0 Å². The number of aliphatic hydroxyl groups is 1. The fraction of sp³-hybridized carbons (Fsp3) is 0.333. The van der Waals surface area contributed by atoms with Gasteiger partial charge in [-0.2, -0.15) is 0 Å². The molecular formula is C21H23FN4O3. The second-order valence-electron chi connectivity index (χ2n) is 7.55. The zero-order valence-corrected chi connectivity index (χ0v) is 16.3. The van der Waals surface area contributed by atoms with E-state index in [1.54, 1.807) is 37.1 Å². The van der Waals surface area contributed by atoms with Gasteiger partial charge in [0.15, 0.2) is 0 Å². The van der Waals surface area contributed by atoms with Crippen molar-refractivity contribution in [3.8, 4) is 16.9 Å². The summed E-state index contributed by atoms with van der Waals surface area (Å²) in [6.07, 6.45) is 1.05. The van der Waals surface area contributed by atoms with Crippen molar-refractivity contribution >= 4 is 23.0 Å². The van der Waals surface area contributed by atoms with Crippen LogP contribution in [-0.4, -0.2) is 51.8 Å². The Morgan fingerprint density at radius 2 is 2.07 bits per heavy atom. The first kappa shape index (κ1) is 19.2. The lowest BCUT2D eigenvalue weighted by molar-refractivity contribution is 0.00569. The third kappa shape index (κ3) is 3.88. The number of urea groups is 1. The zero-order chi connectivity index (χ0) is 20.6. The van der Waals surface area contributed by atoms with Gasteiger partial charge in [-0.05, 0) is 49.6 Å². The van der Waals surface area contributed by atoms with E-state index in [1.807, 2.05) is 6.07 Å². The summed E-state index contributed by atoms with van der Waals surface area (Å²) in [4.78, 5) is 21.9.